The van der Waals surface area contributed by atoms with E-state index < -0.39 is 0 Å². The Balaban J connectivity index is 1.60. The maximum Gasteiger partial charge on any atom is 0.224 e. The molecule has 1 aromatic carbocycles. The van der Waals surface area contributed by atoms with Gasteiger partial charge in [-0.2, -0.15) is 5.10 Å². The second-order valence-electron chi connectivity index (χ2n) is 5.06. The number of nitrogens with one attached hydrogen (secondary N) is 1. The largest absolute Gasteiger partial charge is 0.352 e. The Kier molecular flexibility index (Phi) is 4.42. The lowest BCUT2D eigenvalue weighted by atomic mass is 10.1. The first-order valence-electron chi connectivity index (χ1n) is 7.17. The molecule has 6 heteroatoms. The van der Waals surface area contributed by atoms with Crippen LogP contribution < -0.4 is 5.32 Å². The molecule has 0 atom stereocenters. The number of halogens is 1. The molecule has 0 bridgehead atoms. The molecule has 0 saturated carbocycles. The monoisotopic (exact) mass is 310 g/mol. The molecule has 5 nitrogen and oxygen atoms in total. The van der Waals surface area contributed by atoms with Crippen LogP contribution in [0.2, 0.25) is 0 Å². The van der Waals surface area contributed by atoms with Gasteiger partial charge in [0.1, 0.15) is 5.82 Å². The molecule has 116 valence electrons. The standard InChI is InChI=1S/C17H15FN4O/c18-15-4-1-3-13(9-15)11-17(23)20-12-14-5-7-19-16(10-14)22-8-2-6-21-22/h1-10H,11-12H2,(H,20,23). The number of hydrogen-bond donors (Lipinski definition) is 1. The van der Waals surface area contributed by atoms with Crippen LogP contribution in [-0.2, 0) is 17.8 Å². The molecular weight excluding hydrogens is 295 g/mol. The van der Waals surface area contributed by atoms with E-state index >= 15 is 0 Å². The van der Waals surface area contributed by atoms with Crippen LogP contribution in [-0.4, -0.2) is 20.7 Å². The molecule has 23 heavy (non-hydrogen) atoms. The SMILES string of the molecule is O=C(Cc1cccc(F)c1)NCc1ccnc(-n2cccn2)c1. The number of carbonyl (C=O) groups excluding carboxylic acids is 1. The van der Waals surface area contributed by atoms with Crippen LogP contribution in [0.5, 0.6) is 0 Å². The molecule has 2 aromatic heterocycles. The number of benzene rings is 1. The van der Waals surface area contributed by atoms with Gasteiger partial charge in [-0.1, -0.05) is 12.1 Å². The Hall–Kier alpha value is -3.02. The summed E-state index contributed by atoms with van der Waals surface area (Å²) >= 11 is 0. The third kappa shape index (κ3) is 4.00. The van der Waals surface area contributed by atoms with Gasteiger partial charge in [-0.25, -0.2) is 14.1 Å². The first-order chi connectivity index (χ1) is 11.2. The number of aromatic nitrogens is 3. The van der Waals surface area contributed by atoms with Crippen LogP contribution in [0.3, 0.4) is 0 Å². The van der Waals surface area contributed by atoms with Gasteiger partial charge in [-0.3, -0.25) is 4.79 Å². The molecular formula is C17H15FN4O. The summed E-state index contributed by atoms with van der Waals surface area (Å²) in [7, 11) is 0. The van der Waals surface area contributed by atoms with E-state index in [0.29, 0.717) is 17.9 Å². The van der Waals surface area contributed by atoms with Crippen molar-refractivity contribution >= 4 is 5.91 Å². The zero-order chi connectivity index (χ0) is 16.1. The second-order valence-corrected chi connectivity index (χ2v) is 5.06. The summed E-state index contributed by atoms with van der Waals surface area (Å²) in [5, 5.41) is 6.94. The Labute approximate surface area is 132 Å². The van der Waals surface area contributed by atoms with Crippen LogP contribution in [0.15, 0.2) is 61.1 Å². The predicted octanol–water partition coefficient (Wildman–Crippen LogP) is 2.27. The van der Waals surface area contributed by atoms with Crippen LogP contribution in [0, 0.1) is 5.82 Å². The van der Waals surface area contributed by atoms with Gasteiger partial charge >= 0.3 is 0 Å². The lowest BCUT2D eigenvalue weighted by molar-refractivity contribution is -0.120. The van der Waals surface area contributed by atoms with Crippen LogP contribution in [0.1, 0.15) is 11.1 Å². The highest BCUT2D eigenvalue weighted by molar-refractivity contribution is 5.78. The molecule has 0 fully saturated rings. The normalized spacial score (nSPS) is 10.5. The Morgan fingerprint density at radius 3 is 2.83 bits per heavy atom. The van der Waals surface area contributed by atoms with Gasteiger partial charge in [0.25, 0.3) is 0 Å². The van der Waals surface area contributed by atoms with E-state index in [1.54, 1.807) is 35.4 Å². The number of rotatable bonds is 5. The average molecular weight is 310 g/mol. The molecule has 3 rings (SSSR count). The fourth-order valence-corrected chi connectivity index (χ4v) is 2.20. The molecule has 0 aliphatic heterocycles. The highest BCUT2D eigenvalue weighted by Crippen LogP contribution is 2.07. The van der Waals surface area contributed by atoms with Gasteiger partial charge in [-0.15, -0.1) is 0 Å². The van der Waals surface area contributed by atoms with Crippen molar-refractivity contribution in [3.05, 3.63) is 78.0 Å². The van der Waals surface area contributed by atoms with Gasteiger partial charge in [0.05, 0.1) is 6.42 Å². The summed E-state index contributed by atoms with van der Waals surface area (Å²) in [6.07, 6.45) is 5.30. The lowest BCUT2D eigenvalue weighted by Crippen LogP contribution is -2.24. The number of carbonyl (C=O) groups is 1. The van der Waals surface area contributed by atoms with Crippen molar-refractivity contribution in [2.75, 3.05) is 0 Å². The van der Waals surface area contributed by atoms with Crippen molar-refractivity contribution in [2.45, 2.75) is 13.0 Å². The van der Waals surface area contributed by atoms with Crippen LogP contribution in [0.4, 0.5) is 4.39 Å². The van der Waals surface area contributed by atoms with Crippen molar-refractivity contribution in [3.8, 4) is 5.82 Å². The molecule has 0 aliphatic carbocycles. The van der Waals surface area contributed by atoms with E-state index in [-0.39, 0.29) is 18.1 Å². The first-order valence-corrected chi connectivity index (χ1v) is 7.17. The number of nitrogens with zero attached hydrogens (tertiary/aromatic N) is 3. The maximum atomic E-state index is 13.1. The zero-order valence-electron chi connectivity index (χ0n) is 12.3. The Morgan fingerprint density at radius 2 is 2.04 bits per heavy atom. The van der Waals surface area contributed by atoms with E-state index in [2.05, 4.69) is 15.4 Å². The van der Waals surface area contributed by atoms with E-state index in [9.17, 15) is 9.18 Å². The molecule has 0 saturated heterocycles. The third-order valence-corrected chi connectivity index (χ3v) is 3.29. The summed E-state index contributed by atoms with van der Waals surface area (Å²) < 4.78 is 14.8. The molecule has 0 aliphatic rings. The number of hydrogen-bond acceptors (Lipinski definition) is 3. The van der Waals surface area contributed by atoms with Gasteiger partial charge < -0.3 is 5.32 Å². The molecule has 3 aromatic rings. The molecule has 1 N–H and O–H groups in total. The minimum Gasteiger partial charge on any atom is -0.352 e. The molecule has 0 unspecified atom stereocenters. The minimum atomic E-state index is -0.340. The summed E-state index contributed by atoms with van der Waals surface area (Å²) in [5.41, 5.74) is 1.56. The van der Waals surface area contributed by atoms with Crippen molar-refractivity contribution < 1.29 is 9.18 Å². The fourth-order valence-electron chi connectivity index (χ4n) is 2.20. The molecule has 2 heterocycles. The fraction of sp³-hybridized carbons (Fsp3) is 0.118. The van der Waals surface area contributed by atoms with Crippen molar-refractivity contribution in [2.24, 2.45) is 0 Å². The Morgan fingerprint density at radius 1 is 1.13 bits per heavy atom. The quantitative estimate of drug-likeness (QED) is 0.786. The predicted molar refractivity (Wildman–Crippen MR) is 83.3 cm³/mol. The maximum absolute atomic E-state index is 13.1. The van der Waals surface area contributed by atoms with Crippen molar-refractivity contribution in [1.29, 1.82) is 0 Å². The van der Waals surface area contributed by atoms with Crippen LogP contribution >= 0.6 is 0 Å². The number of pyridine rings is 1. The van der Waals surface area contributed by atoms with E-state index in [1.807, 2.05) is 18.2 Å². The number of amides is 1. The molecule has 1 amide bonds. The van der Waals surface area contributed by atoms with Gasteiger partial charge in [0.15, 0.2) is 5.82 Å². The Bertz CT molecular complexity index is 802. The van der Waals surface area contributed by atoms with E-state index in [4.69, 9.17) is 0 Å². The highest BCUT2D eigenvalue weighted by Gasteiger charge is 2.05. The van der Waals surface area contributed by atoms with Gasteiger partial charge in [-0.05, 0) is 41.5 Å². The second kappa shape index (κ2) is 6.83. The zero-order valence-corrected chi connectivity index (χ0v) is 12.3. The van der Waals surface area contributed by atoms with Crippen molar-refractivity contribution in [1.82, 2.24) is 20.1 Å². The lowest BCUT2D eigenvalue weighted by Gasteiger charge is -2.07. The smallest absolute Gasteiger partial charge is 0.224 e. The van der Waals surface area contributed by atoms with E-state index in [1.165, 1.54) is 12.1 Å². The summed E-state index contributed by atoms with van der Waals surface area (Å²) in [6.45, 7) is 0.380. The summed E-state index contributed by atoms with van der Waals surface area (Å²) in [4.78, 5) is 16.2. The average Bonchev–Trinajstić information content (AvgIpc) is 3.08. The van der Waals surface area contributed by atoms with Crippen molar-refractivity contribution in [3.63, 3.8) is 0 Å². The summed E-state index contributed by atoms with van der Waals surface area (Å²) in [6, 6.07) is 11.5. The third-order valence-electron chi connectivity index (χ3n) is 3.29. The topological polar surface area (TPSA) is 59.8 Å². The minimum absolute atomic E-state index is 0.148. The molecule has 0 radical (unpaired) electrons. The van der Waals surface area contributed by atoms with Crippen LogP contribution in [0.25, 0.3) is 5.82 Å². The van der Waals surface area contributed by atoms with Gasteiger partial charge in [0, 0.05) is 25.1 Å². The van der Waals surface area contributed by atoms with E-state index in [0.717, 1.165) is 5.56 Å². The first kappa shape index (κ1) is 14.9. The molecule has 0 spiro atoms. The summed E-state index contributed by atoms with van der Waals surface area (Å²) in [5.74, 6) is 0.188. The van der Waals surface area contributed by atoms with Gasteiger partial charge in [0.2, 0.25) is 5.91 Å². The highest BCUT2D eigenvalue weighted by atomic mass is 19.1.